The number of thiazole rings is 1. The van der Waals surface area contributed by atoms with Gasteiger partial charge >= 0.3 is 5.97 Å². The predicted molar refractivity (Wildman–Crippen MR) is 147 cm³/mol. The topological polar surface area (TPSA) is 103 Å². The van der Waals surface area contributed by atoms with Crippen LogP contribution in [0, 0.1) is 23.0 Å². The fourth-order valence-electron chi connectivity index (χ4n) is 4.47. The van der Waals surface area contributed by atoms with Crippen LogP contribution < -0.4 is 0 Å². The smallest absolute Gasteiger partial charge is 0.340 e. The molecule has 2 heterocycles. The lowest BCUT2D eigenvalue weighted by molar-refractivity contribution is -0.148. The van der Waals surface area contributed by atoms with Gasteiger partial charge in [0.2, 0.25) is 0 Å². The largest absolute Gasteiger partial charge is 0.435 e. The number of benzene rings is 3. The number of rotatable bonds is 10. The monoisotopic (exact) mass is 571 g/mol. The van der Waals surface area contributed by atoms with E-state index in [-0.39, 0.29) is 12.1 Å². The number of ether oxygens (including phenoxy) is 2. The highest BCUT2D eigenvalue weighted by Gasteiger charge is 2.45. The molecule has 5 aromatic rings. The van der Waals surface area contributed by atoms with Crippen LogP contribution in [0.4, 0.5) is 8.78 Å². The molecule has 0 radical (unpaired) electrons. The number of carbonyl (C=O) groups is 1. The van der Waals surface area contributed by atoms with Crippen LogP contribution in [0.15, 0.2) is 90.8 Å². The molecule has 3 aromatic carbocycles. The Labute approximate surface area is 238 Å². The summed E-state index contributed by atoms with van der Waals surface area (Å²) >= 11 is 1.34. The molecule has 41 heavy (non-hydrogen) atoms. The van der Waals surface area contributed by atoms with Crippen molar-refractivity contribution >= 4 is 17.3 Å². The number of esters is 1. The minimum atomic E-state index is -1.55. The minimum absolute atomic E-state index is 0.0350. The second-order valence-electron chi connectivity index (χ2n) is 9.15. The van der Waals surface area contributed by atoms with Gasteiger partial charge in [0.05, 0.1) is 34.4 Å². The van der Waals surface area contributed by atoms with E-state index in [0.29, 0.717) is 21.8 Å². The first-order valence-electron chi connectivity index (χ1n) is 12.5. The number of carbonyl (C=O) groups excluding carboxylic acids is 1. The first-order chi connectivity index (χ1) is 19.9. The van der Waals surface area contributed by atoms with E-state index in [4.69, 9.17) is 19.7 Å². The second-order valence-corrected chi connectivity index (χ2v) is 10.0. The lowest BCUT2D eigenvalue weighted by atomic mass is 9.81. The number of aromatic nitrogens is 4. The van der Waals surface area contributed by atoms with Crippen LogP contribution in [0.5, 0.6) is 0 Å². The molecular formula is C30H23F2N5O3S. The van der Waals surface area contributed by atoms with Crippen LogP contribution in [-0.4, -0.2) is 32.5 Å². The predicted octanol–water partition coefficient (Wildman–Crippen LogP) is 6.08. The van der Waals surface area contributed by atoms with Crippen molar-refractivity contribution < 1.29 is 23.0 Å². The third-order valence-electron chi connectivity index (χ3n) is 6.67. The molecule has 8 nitrogen and oxygen atoms in total. The highest BCUT2D eigenvalue weighted by atomic mass is 32.1. The third-order valence-corrected chi connectivity index (χ3v) is 7.70. The van der Waals surface area contributed by atoms with E-state index in [1.54, 1.807) is 61.5 Å². The maximum absolute atomic E-state index is 15.5. The molecule has 0 saturated heterocycles. The quantitative estimate of drug-likeness (QED) is 0.148. The van der Waals surface area contributed by atoms with Crippen LogP contribution in [-0.2, 0) is 21.6 Å². The van der Waals surface area contributed by atoms with E-state index in [1.807, 2.05) is 5.38 Å². The molecule has 0 aliphatic carbocycles. The number of nitrogens with zero attached hydrogens (tertiary/aromatic N) is 5. The molecule has 5 rings (SSSR count). The van der Waals surface area contributed by atoms with Crippen molar-refractivity contribution in [2.24, 2.45) is 0 Å². The van der Waals surface area contributed by atoms with Crippen LogP contribution in [0.2, 0.25) is 0 Å². The molecule has 0 saturated carbocycles. The summed E-state index contributed by atoms with van der Waals surface area (Å²) < 4.78 is 42.7. The third kappa shape index (κ3) is 6.04. The summed E-state index contributed by atoms with van der Waals surface area (Å²) in [4.78, 5) is 21.5. The zero-order chi connectivity index (χ0) is 28.8. The highest BCUT2D eigenvalue weighted by Crippen LogP contribution is 2.44. The van der Waals surface area contributed by atoms with E-state index in [0.717, 1.165) is 17.7 Å². The molecule has 2 atom stereocenters. The van der Waals surface area contributed by atoms with Crippen LogP contribution >= 0.6 is 11.3 Å². The standard InChI is InChI=1S/C30H23F2N5O3S/c1-20(28-36-27(15-41-28)22-9-7-21(14-33)8-10-22)30(16-37-18-34-17-35-37,25-12-11-24(31)13-26(25)32)40-19-39-29(38)23-5-3-2-4-6-23/h2-13,15,17-18,20H,16,19H2,1H3/t20-,30?/m0/s1. The van der Waals surface area contributed by atoms with E-state index < -0.39 is 35.9 Å². The summed E-state index contributed by atoms with van der Waals surface area (Å²) in [5, 5.41) is 15.7. The summed E-state index contributed by atoms with van der Waals surface area (Å²) in [5.74, 6) is -2.85. The molecule has 206 valence electrons. The van der Waals surface area contributed by atoms with Crippen molar-refractivity contribution in [1.29, 1.82) is 5.26 Å². The lowest BCUT2D eigenvalue weighted by Gasteiger charge is -2.38. The number of halogens is 2. The SMILES string of the molecule is C[C@@H](c1nc(-c2ccc(C#N)cc2)cs1)C(Cn1cncn1)(OCOC(=O)c1ccccc1)c1ccc(F)cc1F. The fourth-order valence-corrected chi connectivity index (χ4v) is 5.44. The van der Waals surface area contributed by atoms with E-state index >= 15 is 4.39 Å². The van der Waals surface area contributed by atoms with Gasteiger partial charge in [0.25, 0.3) is 0 Å². The normalized spacial score (nSPS) is 13.2. The number of hydrogen-bond donors (Lipinski definition) is 0. The van der Waals surface area contributed by atoms with Crippen LogP contribution in [0.1, 0.15) is 39.3 Å². The number of hydrogen-bond acceptors (Lipinski definition) is 8. The Bertz CT molecular complexity index is 1670. The summed E-state index contributed by atoms with van der Waals surface area (Å²) in [6.45, 7) is 1.23. The Balaban J connectivity index is 1.54. The van der Waals surface area contributed by atoms with Crippen molar-refractivity contribution in [3.05, 3.63) is 124 Å². The van der Waals surface area contributed by atoms with Gasteiger partial charge in [-0.1, -0.05) is 43.3 Å². The zero-order valence-electron chi connectivity index (χ0n) is 21.8. The minimum Gasteiger partial charge on any atom is -0.435 e. The number of nitriles is 1. The van der Waals surface area contributed by atoms with Crippen molar-refractivity contribution in [2.45, 2.75) is 25.0 Å². The highest BCUT2D eigenvalue weighted by molar-refractivity contribution is 7.10. The summed E-state index contributed by atoms with van der Waals surface area (Å²) in [6.07, 6.45) is 2.78. The van der Waals surface area contributed by atoms with Gasteiger partial charge in [0, 0.05) is 28.5 Å². The Morgan fingerprint density at radius 3 is 2.59 bits per heavy atom. The van der Waals surface area contributed by atoms with Gasteiger partial charge in [-0.15, -0.1) is 11.3 Å². The van der Waals surface area contributed by atoms with E-state index in [9.17, 15) is 9.18 Å². The molecule has 0 N–H and O–H groups in total. The van der Waals surface area contributed by atoms with Crippen LogP contribution in [0.3, 0.4) is 0 Å². The van der Waals surface area contributed by atoms with Gasteiger partial charge in [0.15, 0.2) is 6.79 Å². The van der Waals surface area contributed by atoms with Crippen molar-refractivity contribution in [3.63, 3.8) is 0 Å². The molecule has 2 aromatic heterocycles. The van der Waals surface area contributed by atoms with E-state index in [1.165, 1.54) is 34.7 Å². The van der Waals surface area contributed by atoms with Crippen molar-refractivity contribution in [3.8, 4) is 17.3 Å². The summed E-state index contributed by atoms with van der Waals surface area (Å²) in [5.41, 5.74) is 0.785. The Morgan fingerprint density at radius 2 is 1.90 bits per heavy atom. The zero-order valence-corrected chi connectivity index (χ0v) is 22.6. The summed E-state index contributed by atoms with van der Waals surface area (Å²) in [6, 6.07) is 20.7. The average Bonchev–Trinajstić information content (AvgIpc) is 3.70. The Kier molecular flexibility index (Phi) is 8.24. The molecule has 0 aliphatic heterocycles. The first kappa shape index (κ1) is 27.8. The fraction of sp³-hybridized carbons (Fsp3) is 0.167. The van der Waals surface area contributed by atoms with Crippen LogP contribution in [0.25, 0.3) is 11.3 Å². The Hall–Kier alpha value is -4.79. The molecule has 11 heteroatoms. The van der Waals surface area contributed by atoms with Gasteiger partial charge in [-0.25, -0.2) is 28.2 Å². The lowest BCUT2D eigenvalue weighted by Crippen LogP contribution is -2.42. The summed E-state index contributed by atoms with van der Waals surface area (Å²) in [7, 11) is 0. The van der Waals surface area contributed by atoms with E-state index in [2.05, 4.69) is 16.2 Å². The molecule has 1 unspecified atom stereocenters. The molecule has 0 fully saturated rings. The van der Waals surface area contributed by atoms with Gasteiger partial charge < -0.3 is 9.47 Å². The van der Waals surface area contributed by atoms with Gasteiger partial charge in [-0.3, -0.25) is 0 Å². The van der Waals surface area contributed by atoms with Crippen molar-refractivity contribution in [1.82, 2.24) is 19.7 Å². The Morgan fingerprint density at radius 1 is 1.12 bits per heavy atom. The molecule has 0 amide bonds. The molecule has 0 bridgehead atoms. The molecule has 0 aliphatic rings. The van der Waals surface area contributed by atoms with Gasteiger partial charge in [-0.05, 0) is 30.3 Å². The second kappa shape index (κ2) is 12.2. The van der Waals surface area contributed by atoms with Gasteiger partial charge in [-0.2, -0.15) is 10.4 Å². The average molecular weight is 572 g/mol. The molecule has 0 spiro atoms. The maximum atomic E-state index is 15.5. The van der Waals surface area contributed by atoms with Crippen molar-refractivity contribution in [2.75, 3.05) is 6.79 Å². The maximum Gasteiger partial charge on any atom is 0.340 e. The van der Waals surface area contributed by atoms with Gasteiger partial charge in [0.1, 0.15) is 29.9 Å². The first-order valence-corrected chi connectivity index (χ1v) is 13.4. The molecular weight excluding hydrogens is 548 g/mol.